The molecule has 4 heteroatoms. The van der Waals surface area contributed by atoms with Crippen molar-refractivity contribution in [3.05, 3.63) is 22.8 Å². The van der Waals surface area contributed by atoms with Crippen LogP contribution in [0.25, 0.3) is 0 Å². The second kappa shape index (κ2) is 8.16. The number of ether oxygens (including phenoxy) is 1. The number of aryl methyl sites for hydroxylation is 2. The summed E-state index contributed by atoms with van der Waals surface area (Å²) >= 11 is 0. The van der Waals surface area contributed by atoms with Crippen molar-refractivity contribution >= 4 is 0 Å². The molecule has 1 heterocycles. The fourth-order valence-electron chi connectivity index (χ4n) is 1.98. The standard InChI is InChI=1S/C14H25N3O/c1-5-15-9-7-13-11(3)16-14(17-12(13)4)8-10-18-6-2/h15H,5-10H2,1-4H3. The number of likely N-dealkylation sites (N-methyl/N-ethyl adjacent to an activating group) is 1. The molecule has 1 aromatic heterocycles. The van der Waals surface area contributed by atoms with Gasteiger partial charge in [-0.2, -0.15) is 0 Å². The zero-order valence-electron chi connectivity index (χ0n) is 12.0. The third kappa shape index (κ3) is 4.70. The molecule has 0 saturated heterocycles. The van der Waals surface area contributed by atoms with Crippen molar-refractivity contribution in [3.63, 3.8) is 0 Å². The van der Waals surface area contributed by atoms with Crippen LogP contribution >= 0.6 is 0 Å². The van der Waals surface area contributed by atoms with Gasteiger partial charge in [0.15, 0.2) is 0 Å². The highest BCUT2D eigenvalue weighted by molar-refractivity contribution is 5.24. The van der Waals surface area contributed by atoms with Crippen LogP contribution < -0.4 is 5.32 Å². The molecule has 0 aliphatic rings. The summed E-state index contributed by atoms with van der Waals surface area (Å²) in [5.74, 6) is 0.894. The number of aromatic nitrogens is 2. The van der Waals surface area contributed by atoms with E-state index in [1.807, 2.05) is 6.92 Å². The molecular formula is C14H25N3O. The van der Waals surface area contributed by atoms with E-state index >= 15 is 0 Å². The average molecular weight is 251 g/mol. The first-order valence-corrected chi connectivity index (χ1v) is 6.80. The SMILES string of the molecule is CCNCCc1c(C)nc(CCOCC)nc1C. The van der Waals surface area contributed by atoms with Crippen molar-refractivity contribution in [1.82, 2.24) is 15.3 Å². The summed E-state index contributed by atoms with van der Waals surface area (Å²) in [5, 5.41) is 3.33. The predicted octanol–water partition coefficient (Wildman–Crippen LogP) is 1.82. The molecule has 0 aliphatic heterocycles. The number of hydrogen-bond acceptors (Lipinski definition) is 4. The maximum absolute atomic E-state index is 5.34. The van der Waals surface area contributed by atoms with Crippen LogP contribution in [0.15, 0.2) is 0 Å². The van der Waals surface area contributed by atoms with Crippen LogP contribution in [0.3, 0.4) is 0 Å². The van der Waals surface area contributed by atoms with Crippen molar-refractivity contribution in [2.75, 3.05) is 26.3 Å². The zero-order valence-corrected chi connectivity index (χ0v) is 12.0. The van der Waals surface area contributed by atoms with Gasteiger partial charge in [0.05, 0.1) is 6.61 Å². The lowest BCUT2D eigenvalue weighted by atomic mass is 10.1. The molecule has 0 saturated carbocycles. The van der Waals surface area contributed by atoms with Crippen LogP contribution in [0.2, 0.25) is 0 Å². The van der Waals surface area contributed by atoms with E-state index in [2.05, 4.69) is 36.1 Å². The molecule has 0 radical (unpaired) electrons. The number of rotatable bonds is 8. The second-order valence-electron chi connectivity index (χ2n) is 4.34. The molecule has 0 aromatic carbocycles. The molecule has 1 aromatic rings. The van der Waals surface area contributed by atoms with E-state index in [1.165, 1.54) is 5.56 Å². The summed E-state index contributed by atoms with van der Waals surface area (Å²) in [6.07, 6.45) is 1.79. The van der Waals surface area contributed by atoms with E-state index in [1.54, 1.807) is 0 Å². The smallest absolute Gasteiger partial charge is 0.131 e. The largest absolute Gasteiger partial charge is 0.381 e. The van der Waals surface area contributed by atoms with Gasteiger partial charge in [0.2, 0.25) is 0 Å². The molecule has 0 aliphatic carbocycles. The first-order valence-electron chi connectivity index (χ1n) is 6.80. The lowest BCUT2D eigenvalue weighted by Crippen LogP contribution is -2.18. The molecule has 0 bridgehead atoms. The molecule has 1 N–H and O–H groups in total. The number of nitrogens with one attached hydrogen (secondary N) is 1. The highest BCUT2D eigenvalue weighted by Crippen LogP contribution is 2.11. The van der Waals surface area contributed by atoms with E-state index < -0.39 is 0 Å². The van der Waals surface area contributed by atoms with Crippen LogP contribution in [-0.2, 0) is 17.6 Å². The van der Waals surface area contributed by atoms with Crippen molar-refractivity contribution in [2.45, 2.75) is 40.5 Å². The quantitative estimate of drug-likeness (QED) is 0.716. The fraction of sp³-hybridized carbons (Fsp3) is 0.714. The summed E-state index contributed by atoms with van der Waals surface area (Å²) in [7, 11) is 0. The molecular weight excluding hydrogens is 226 g/mol. The first kappa shape index (κ1) is 15.1. The van der Waals surface area contributed by atoms with Crippen LogP contribution in [0.1, 0.15) is 36.6 Å². The van der Waals surface area contributed by atoms with E-state index in [0.717, 1.165) is 49.8 Å². The van der Waals surface area contributed by atoms with E-state index in [9.17, 15) is 0 Å². The Hall–Kier alpha value is -1.00. The van der Waals surface area contributed by atoms with Crippen LogP contribution in [-0.4, -0.2) is 36.3 Å². The van der Waals surface area contributed by atoms with Crippen LogP contribution in [0, 0.1) is 13.8 Å². The summed E-state index contributed by atoms with van der Waals surface area (Å²) < 4.78 is 5.34. The predicted molar refractivity (Wildman–Crippen MR) is 74.0 cm³/mol. The molecule has 102 valence electrons. The maximum atomic E-state index is 5.34. The summed E-state index contributed by atoms with van der Waals surface area (Å²) in [6, 6.07) is 0. The summed E-state index contributed by atoms with van der Waals surface area (Å²) in [4.78, 5) is 9.13. The van der Waals surface area contributed by atoms with E-state index in [4.69, 9.17) is 4.74 Å². The van der Waals surface area contributed by atoms with Gasteiger partial charge >= 0.3 is 0 Å². The van der Waals surface area contributed by atoms with Gasteiger partial charge in [-0.15, -0.1) is 0 Å². The third-order valence-corrected chi connectivity index (χ3v) is 2.94. The zero-order chi connectivity index (χ0) is 13.4. The van der Waals surface area contributed by atoms with Gasteiger partial charge in [0.1, 0.15) is 5.82 Å². The van der Waals surface area contributed by atoms with Gasteiger partial charge in [0.25, 0.3) is 0 Å². The Morgan fingerprint density at radius 1 is 1.06 bits per heavy atom. The van der Waals surface area contributed by atoms with Gasteiger partial charge in [-0.25, -0.2) is 9.97 Å². The van der Waals surface area contributed by atoms with Gasteiger partial charge < -0.3 is 10.1 Å². The lowest BCUT2D eigenvalue weighted by molar-refractivity contribution is 0.149. The molecule has 4 nitrogen and oxygen atoms in total. The van der Waals surface area contributed by atoms with Gasteiger partial charge in [0, 0.05) is 24.4 Å². The highest BCUT2D eigenvalue weighted by atomic mass is 16.5. The van der Waals surface area contributed by atoms with Crippen LogP contribution in [0.5, 0.6) is 0 Å². The van der Waals surface area contributed by atoms with E-state index in [-0.39, 0.29) is 0 Å². The molecule has 0 atom stereocenters. The van der Waals surface area contributed by atoms with Gasteiger partial charge in [-0.05, 0) is 45.8 Å². The topological polar surface area (TPSA) is 47.0 Å². The molecule has 0 amide bonds. The van der Waals surface area contributed by atoms with Crippen molar-refractivity contribution in [1.29, 1.82) is 0 Å². The second-order valence-corrected chi connectivity index (χ2v) is 4.34. The lowest BCUT2D eigenvalue weighted by Gasteiger charge is -2.11. The Bertz CT molecular complexity index is 343. The van der Waals surface area contributed by atoms with Crippen molar-refractivity contribution < 1.29 is 4.74 Å². The average Bonchev–Trinajstić information content (AvgIpc) is 2.33. The molecule has 1 rings (SSSR count). The fourth-order valence-corrected chi connectivity index (χ4v) is 1.98. The van der Waals surface area contributed by atoms with Crippen molar-refractivity contribution in [3.8, 4) is 0 Å². The maximum Gasteiger partial charge on any atom is 0.131 e. The van der Waals surface area contributed by atoms with Crippen molar-refractivity contribution in [2.24, 2.45) is 0 Å². The number of hydrogen-bond donors (Lipinski definition) is 1. The minimum atomic E-state index is 0.701. The normalized spacial score (nSPS) is 10.9. The molecule has 18 heavy (non-hydrogen) atoms. The third-order valence-electron chi connectivity index (χ3n) is 2.94. The van der Waals surface area contributed by atoms with E-state index in [0.29, 0.717) is 6.61 Å². The highest BCUT2D eigenvalue weighted by Gasteiger charge is 2.08. The van der Waals surface area contributed by atoms with Gasteiger partial charge in [-0.3, -0.25) is 0 Å². The Morgan fingerprint density at radius 3 is 2.28 bits per heavy atom. The Labute approximate surface area is 110 Å². The summed E-state index contributed by atoms with van der Waals surface area (Å²) in [5.41, 5.74) is 3.48. The Balaban J connectivity index is 2.65. The molecule has 0 unspecified atom stereocenters. The number of nitrogens with zero attached hydrogens (tertiary/aromatic N) is 2. The Kier molecular flexibility index (Phi) is 6.83. The minimum absolute atomic E-state index is 0.701. The summed E-state index contributed by atoms with van der Waals surface area (Å²) in [6.45, 7) is 11.7. The molecule has 0 spiro atoms. The minimum Gasteiger partial charge on any atom is -0.381 e. The van der Waals surface area contributed by atoms with Gasteiger partial charge in [-0.1, -0.05) is 6.92 Å². The monoisotopic (exact) mass is 251 g/mol. The Morgan fingerprint density at radius 2 is 1.72 bits per heavy atom. The van der Waals surface area contributed by atoms with Crippen LogP contribution in [0.4, 0.5) is 0 Å². The molecule has 0 fully saturated rings. The first-order chi connectivity index (χ1) is 8.69.